The first-order chi connectivity index (χ1) is 10.1. The molecule has 7 nitrogen and oxygen atoms in total. The highest BCUT2D eigenvalue weighted by atomic mass is 16.7. The van der Waals surface area contributed by atoms with Gasteiger partial charge in [-0.3, -0.25) is 14.9 Å². The summed E-state index contributed by atoms with van der Waals surface area (Å²) >= 11 is 0. The smallest absolute Gasteiger partial charge is 0.233 e. The number of carbonyl (C=O) groups is 1. The molecule has 1 aromatic rings. The minimum atomic E-state index is -0.705. The lowest BCUT2D eigenvalue weighted by molar-refractivity contribution is -0.497. The maximum absolute atomic E-state index is 12.3. The van der Waals surface area contributed by atoms with Gasteiger partial charge < -0.3 is 14.4 Å². The fourth-order valence-corrected chi connectivity index (χ4v) is 2.52. The summed E-state index contributed by atoms with van der Waals surface area (Å²) in [6.45, 7) is 3.03. The average Bonchev–Trinajstić information content (AvgIpc) is 3.15. The van der Waals surface area contributed by atoms with Gasteiger partial charge in [-0.1, -0.05) is 6.07 Å². The molecule has 0 bridgehead atoms. The standard InChI is InChI=1S/C14H16N2O5/c1-2-15(14(17)10-6-11(10)16(18)19)7-9-3-4-12-13(5-9)21-8-20-12/h3-5,10-11H,2,6-8H2,1H3. The summed E-state index contributed by atoms with van der Waals surface area (Å²) in [5.41, 5.74) is 0.924. The Balaban J connectivity index is 1.67. The number of carbonyl (C=O) groups excluding carboxylic acids is 1. The van der Waals surface area contributed by atoms with Crippen molar-refractivity contribution in [1.82, 2.24) is 4.90 Å². The molecule has 1 aromatic carbocycles. The number of nitro groups is 1. The number of hydrogen-bond donors (Lipinski definition) is 0. The molecule has 1 aliphatic carbocycles. The Hall–Kier alpha value is -2.31. The van der Waals surface area contributed by atoms with Gasteiger partial charge in [0.2, 0.25) is 18.7 Å². The summed E-state index contributed by atoms with van der Waals surface area (Å²) in [7, 11) is 0. The second-order valence-electron chi connectivity index (χ2n) is 5.23. The number of nitrogens with zero attached hydrogens (tertiary/aromatic N) is 2. The number of amides is 1. The summed E-state index contributed by atoms with van der Waals surface area (Å²) in [6, 6.07) is 4.83. The molecular weight excluding hydrogens is 276 g/mol. The molecule has 3 rings (SSSR count). The third-order valence-corrected chi connectivity index (χ3v) is 3.85. The van der Waals surface area contributed by atoms with Crippen molar-refractivity contribution in [1.29, 1.82) is 0 Å². The predicted molar refractivity (Wildman–Crippen MR) is 72.5 cm³/mol. The Labute approximate surface area is 121 Å². The molecule has 2 atom stereocenters. The van der Waals surface area contributed by atoms with Crippen LogP contribution in [0.5, 0.6) is 11.5 Å². The topological polar surface area (TPSA) is 81.9 Å². The fourth-order valence-electron chi connectivity index (χ4n) is 2.52. The van der Waals surface area contributed by atoms with E-state index < -0.39 is 12.0 Å². The molecule has 1 amide bonds. The molecular formula is C14H16N2O5. The summed E-state index contributed by atoms with van der Waals surface area (Å²) in [5, 5.41) is 10.7. The van der Waals surface area contributed by atoms with Crippen LogP contribution >= 0.6 is 0 Å². The van der Waals surface area contributed by atoms with Crippen LogP contribution in [0.15, 0.2) is 18.2 Å². The minimum absolute atomic E-state index is 0.142. The monoisotopic (exact) mass is 292 g/mol. The van der Waals surface area contributed by atoms with Crippen LogP contribution in [0.2, 0.25) is 0 Å². The molecule has 7 heteroatoms. The Morgan fingerprint density at radius 1 is 1.43 bits per heavy atom. The molecule has 0 radical (unpaired) electrons. The molecule has 1 heterocycles. The average molecular weight is 292 g/mol. The van der Waals surface area contributed by atoms with Crippen molar-refractivity contribution in [2.24, 2.45) is 5.92 Å². The van der Waals surface area contributed by atoms with E-state index in [1.54, 1.807) is 4.90 Å². The lowest BCUT2D eigenvalue weighted by Crippen LogP contribution is -2.33. The highest BCUT2D eigenvalue weighted by Gasteiger charge is 2.54. The number of hydrogen-bond acceptors (Lipinski definition) is 5. The van der Waals surface area contributed by atoms with Crippen LogP contribution in [0.4, 0.5) is 0 Å². The molecule has 0 saturated heterocycles. The van der Waals surface area contributed by atoms with Gasteiger partial charge in [-0.25, -0.2) is 0 Å². The third-order valence-electron chi connectivity index (χ3n) is 3.85. The van der Waals surface area contributed by atoms with E-state index >= 15 is 0 Å². The van der Waals surface area contributed by atoms with Gasteiger partial charge in [0.1, 0.15) is 5.92 Å². The van der Waals surface area contributed by atoms with Crippen molar-refractivity contribution < 1.29 is 19.2 Å². The van der Waals surface area contributed by atoms with Crippen LogP contribution in [-0.4, -0.2) is 35.1 Å². The van der Waals surface area contributed by atoms with Crippen LogP contribution in [0.25, 0.3) is 0 Å². The van der Waals surface area contributed by atoms with E-state index in [1.165, 1.54) is 0 Å². The van der Waals surface area contributed by atoms with Gasteiger partial charge in [-0.15, -0.1) is 0 Å². The SMILES string of the molecule is CCN(Cc1ccc2c(c1)OCO2)C(=O)C1CC1[N+](=O)[O-]. The maximum atomic E-state index is 12.3. The van der Waals surface area contributed by atoms with Crippen molar-refractivity contribution in [3.8, 4) is 11.5 Å². The van der Waals surface area contributed by atoms with E-state index in [9.17, 15) is 14.9 Å². The summed E-state index contributed by atoms with van der Waals surface area (Å²) < 4.78 is 10.6. The lowest BCUT2D eigenvalue weighted by atomic mass is 10.1. The van der Waals surface area contributed by atoms with Crippen LogP contribution in [0, 0.1) is 16.0 Å². The van der Waals surface area contributed by atoms with Gasteiger partial charge in [0.15, 0.2) is 11.5 Å². The van der Waals surface area contributed by atoms with Crippen LogP contribution < -0.4 is 9.47 Å². The van der Waals surface area contributed by atoms with Crippen molar-refractivity contribution in [3.63, 3.8) is 0 Å². The number of benzene rings is 1. The molecule has 2 unspecified atom stereocenters. The fraction of sp³-hybridized carbons (Fsp3) is 0.500. The third kappa shape index (κ3) is 2.63. The van der Waals surface area contributed by atoms with E-state index in [-0.39, 0.29) is 17.6 Å². The van der Waals surface area contributed by atoms with E-state index in [0.717, 1.165) is 5.56 Å². The lowest BCUT2D eigenvalue weighted by Gasteiger charge is -2.20. The molecule has 1 aliphatic heterocycles. The number of rotatable bonds is 5. The van der Waals surface area contributed by atoms with Gasteiger partial charge in [-0.2, -0.15) is 0 Å². The minimum Gasteiger partial charge on any atom is -0.454 e. The van der Waals surface area contributed by atoms with E-state index in [0.29, 0.717) is 31.0 Å². The molecule has 1 saturated carbocycles. The Bertz CT molecular complexity index is 589. The van der Waals surface area contributed by atoms with Gasteiger partial charge in [0, 0.05) is 24.4 Å². The highest BCUT2D eigenvalue weighted by molar-refractivity contribution is 5.82. The van der Waals surface area contributed by atoms with Gasteiger partial charge >= 0.3 is 0 Å². The van der Waals surface area contributed by atoms with Crippen LogP contribution in [-0.2, 0) is 11.3 Å². The highest BCUT2D eigenvalue weighted by Crippen LogP contribution is 2.36. The van der Waals surface area contributed by atoms with Gasteiger partial charge in [-0.05, 0) is 24.6 Å². The molecule has 112 valence electrons. The Kier molecular flexibility index (Phi) is 3.40. The molecule has 0 aromatic heterocycles. The van der Waals surface area contributed by atoms with Crippen molar-refractivity contribution in [3.05, 3.63) is 33.9 Å². The van der Waals surface area contributed by atoms with Crippen molar-refractivity contribution >= 4 is 5.91 Å². The quantitative estimate of drug-likeness (QED) is 0.605. The predicted octanol–water partition coefficient (Wildman–Crippen LogP) is 1.43. The first kappa shape index (κ1) is 13.7. The largest absolute Gasteiger partial charge is 0.454 e. The van der Waals surface area contributed by atoms with Gasteiger partial charge in [0.05, 0.1) is 0 Å². The van der Waals surface area contributed by atoms with Crippen LogP contribution in [0.3, 0.4) is 0 Å². The Morgan fingerprint density at radius 2 is 2.19 bits per heavy atom. The molecule has 1 fully saturated rings. The normalized spacial score (nSPS) is 22.0. The molecule has 0 spiro atoms. The summed E-state index contributed by atoms with van der Waals surface area (Å²) in [6.07, 6.45) is 0.351. The molecule has 21 heavy (non-hydrogen) atoms. The van der Waals surface area contributed by atoms with E-state index in [1.807, 2.05) is 25.1 Å². The zero-order valence-electron chi connectivity index (χ0n) is 11.7. The second kappa shape index (κ2) is 5.23. The van der Waals surface area contributed by atoms with Crippen molar-refractivity contribution in [2.45, 2.75) is 25.9 Å². The number of ether oxygens (including phenoxy) is 2. The number of fused-ring (bicyclic) bond motifs is 1. The summed E-state index contributed by atoms with van der Waals surface area (Å²) in [4.78, 5) is 24.2. The first-order valence-corrected chi connectivity index (χ1v) is 6.91. The molecule has 2 aliphatic rings. The maximum Gasteiger partial charge on any atom is 0.233 e. The molecule has 0 N–H and O–H groups in total. The van der Waals surface area contributed by atoms with Crippen LogP contribution in [0.1, 0.15) is 18.9 Å². The zero-order valence-corrected chi connectivity index (χ0v) is 11.7. The first-order valence-electron chi connectivity index (χ1n) is 6.91. The zero-order chi connectivity index (χ0) is 15.0. The van der Waals surface area contributed by atoms with E-state index in [2.05, 4.69) is 0 Å². The van der Waals surface area contributed by atoms with Crippen molar-refractivity contribution in [2.75, 3.05) is 13.3 Å². The Morgan fingerprint density at radius 3 is 2.86 bits per heavy atom. The summed E-state index contributed by atoms with van der Waals surface area (Å²) in [5.74, 6) is 0.764. The second-order valence-corrected chi connectivity index (χ2v) is 5.23. The van der Waals surface area contributed by atoms with E-state index in [4.69, 9.17) is 9.47 Å². The van der Waals surface area contributed by atoms with Gasteiger partial charge in [0.25, 0.3) is 0 Å².